The van der Waals surface area contributed by atoms with Gasteiger partial charge in [-0.05, 0) is 0 Å². The molecule has 19 heavy (non-hydrogen) atoms. The third-order valence-corrected chi connectivity index (χ3v) is 33.2. The molecule has 0 aliphatic heterocycles. The molecule has 0 bridgehead atoms. The van der Waals surface area contributed by atoms with E-state index < -0.39 is 13.4 Å². The Morgan fingerprint density at radius 1 is 0.579 bits per heavy atom. The monoisotopic (exact) mass is 350 g/mol. The van der Waals surface area contributed by atoms with Gasteiger partial charge in [-0.2, -0.15) is 0 Å². The maximum atomic E-state index is 2.54. The molecule has 2 aromatic rings. The van der Waals surface area contributed by atoms with Crippen LogP contribution in [-0.4, -0.2) is 27.0 Å². The van der Waals surface area contributed by atoms with Crippen LogP contribution >= 0.6 is 0 Å². The number of hydrogen-bond donors (Lipinski definition) is 0. The average molecular weight is 349 g/mol. The van der Waals surface area contributed by atoms with E-state index in [1.165, 1.54) is 0 Å². The van der Waals surface area contributed by atoms with Crippen LogP contribution in [0.3, 0.4) is 0 Å². The SMILES string of the molecule is C[Si](C)([Se][Si](C)(C)c1ccccc1)c1ccccc1. The van der Waals surface area contributed by atoms with E-state index in [1.807, 2.05) is 0 Å². The van der Waals surface area contributed by atoms with Crippen molar-refractivity contribution >= 4 is 37.4 Å². The molecule has 0 saturated carbocycles. The summed E-state index contributed by atoms with van der Waals surface area (Å²) >= 11 is 0.753. The predicted molar refractivity (Wildman–Crippen MR) is 92.9 cm³/mol. The van der Waals surface area contributed by atoms with Crippen LogP contribution in [-0.2, 0) is 0 Å². The standard InChI is InChI=1S/C16H22SeSi2/c1-18(2,15-11-7-5-8-12-15)17-19(3,4)16-13-9-6-10-14-16/h5-14H,1-4H3. The van der Waals surface area contributed by atoms with Crippen LogP contribution in [0.25, 0.3) is 0 Å². The van der Waals surface area contributed by atoms with E-state index in [-0.39, 0.29) is 0 Å². The Morgan fingerprint density at radius 2 is 0.895 bits per heavy atom. The van der Waals surface area contributed by atoms with Crippen molar-refractivity contribution in [1.29, 1.82) is 0 Å². The number of rotatable bonds is 4. The minimum absolute atomic E-state index is 0.753. The van der Waals surface area contributed by atoms with Gasteiger partial charge in [-0.15, -0.1) is 0 Å². The summed E-state index contributed by atoms with van der Waals surface area (Å²) in [6.07, 6.45) is 0. The van der Waals surface area contributed by atoms with Crippen LogP contribution in [0.1, 0.15) is 0 Å². The van der Waals surface area contributed by atoms with Crippen molar-refractivity contribution in [1.82, 2.24) is 0 Å². The molecule has 0 aliphatic carbocycles. The first-order chi connectivity index (χ1) is 8.92. The summed E-state index contributed by atoms with van der Waals surface area (Å²) in [7, 11) is 0. The van der Waals surface area contributed by atoms with Crippen molar-refractivity contribution in [3.63, 3.8) is 0 Å². The van der Waals surface area contributed by atoms with Crippen molar-refractivity contribution in [3.8, 4) is 0 Å². The van der Waals surface area contributed by atoms with Crippen LogP contribution in [0, 0.1) is 0 Å². The second-order valence-corrected chi connectivity index (χ2v) is 30.6. The first-order valence-corrected chi connectivity index (χ1v) is 17.7. The van der Waals surface area contributed by atoms with E-state index in [1.54, 1.807) is 10.4 Å². The minimum atomic E-state index is -1.27. The van der Waals surface area contributed by atoms with Gasteiger partial charge in [0.1, 0.15) is 0 Å². The van der Waals surface area contributed by atoms with Crippen molar-refractivity contribution < 1.29 is 0 Å². The molecule has 2 aromatic carbocycles. The fourth-order valence-electron chi connectivity index (χ4n) is 2.43. The van der Waals surface area contributed by atoms with Gasteiger partial charge in [0.25, 0.3) is 0 Å². The molecule has 0 saturated heterocycles. The van der Waals surface area contributed by atoms with Gasteiger partial charge in [0.2, 0.25) is 0 Å². The summed E-state index contributed by atoms with van der Waals surface area (Å²) < 4.78 is 0. The van der Waals surface area contributed by atoms with Gasteiger partial charge in [0.05, 0.1) is 0 Å². The molecule has 3 heteroatoms. The van der Waals surface area contributed by atoms with E-state index in [0.29, 0.717) is 0 Å². The molecule has 0 aromatic heterocycles. The molecule has 0 amide bonds. The molecule has 0 unspecified atom stereocenters. The third-order valence-electron chi connectivity index (χ3n) is 3.45. The Hall–Kier alpha value is -0.607. The molecule has 0 fully saturated rings. The third kappa shape index (κ3) is 3.70. The second kappa shape index (κ2) is 5.80. The molecule has 100 valence electrons. The molecule has 0 atom stereocenters. The number of benzene rings is 2. The quantitative estimate of drug-likeness (QED) is 0.745. The van der Waals surface area contributed by atoms with Gasteiger partial charge in [-0.3, -0.25) is 0 Å². The molecule has 0 aliphatic rings. The summed E-state index contributed by atoms with van der Waals surface area (Å²) in [6, 6.07) is 22.4. The van der Waals surface area contributed by atoms with Crippen molar-refractivity contribution in [2.75, 3.05) is 0 Å². The van der Waals surface area contributed by atoms with E-state index in [2.05, 4.69) is 86.9 Å². The molecule has 0 heterocycles. The topological polar surface area (TPSA) is 0 Å². The summed E-state index contributed by atoms with van der Waals surface area (Å²) in [5.41, 5.74) is 0. The summed E-state index contributed by atoms with van der Waals surface area (Å²) in [5.74, 6) is 0. The predicted octanol–water partition coefficient (Wildman–Crippen LogP) is 2.92. The van der Waals surface area contributed by atoms with Crippen LogP contribution in [0.4, 0.5) is 0 Å². The van der Waals surface area contributed by atoms with Gasteiger partial charge in [-0.25, -0.2) is 0 Å². The van der Waals surface area contributed by atoms with Crippen molar-refractivity contribution in [3.05, 3.63) is 60.7 Å². The second-order valence-electron chi connectivity index (χ2n) is 5.85. The van der Waals surface area contributed by atoms with Crippen LogP contribution in [0.2, 0.25) is 26.2 Å². The van der Waals surface area contributed by atoms with Gasteiger partial charge >= 0.3 is 124 Å². The van der Waals surface area contributed by atoms with Crippen molar-refractivity contribution in [2.24, 2.45) is 0 Å². The first kappa shape index (κ1) is 14.8. The van der Waals surface area contributed by atoms with Gasteiger partial charge < -0.3 is 0 Å². The van der Waals surface area contributed by atoms with Gasteiger partial charge in [0.15, 0.2) is 0 Å². The Bertz CT molecular complexity index is 471. The van der Waals surface area contributed by atoms with Crippen LogP contribution in [0.5, 0.6) is 0 Å². The normalized spacial score (nSPS) is 12.4. The molecular weight excluding hydrogens is 327 g/mol. The van der Waals surface area contributed by atoms with Crippen LogP contribution < -0.4 is 10.4 Å². The molecular formula is C16H22SeSi2. The summed E-state index contributed by atoms with van der Waals surface area (Å²) in [4.78, 5) is 0. The fourth-order valence-corrected chi connectivity index (χ4v) is 40.7. The summed E-state index contributed by atoms with van der Waals surface area (Å²) in [5, 5.41) is 3.23. The van der Waals surface area contributed by atoms with E-state index >= 15 is 0 Å². The Kier molecular flexibility index (Phi) is 4.51. The fraction of sp³-hybridized carbons (Fsp3) is 0.250. The Labute approximate surface area is 124 Å². The zero-order valence-electron chi connectivity index (χ0n) is 12.2. The molecule has 0 spiro atoms. The number of hydrogen-bond acceptors (Lipinski definition) is 0. The van der Waals surface area contributed by atoms with Crippen LogP contribution in [0.15, 0.2) is 60.7 Å². The van der Waals surface area contributed by atoms with Crippen molar-refractivity contribution in [2.45, 2.75) is 26.2 Å². The summed E-state index contributed by atoms with van der Waals surface area (Å²) in [6.45, 7) is 7.62. The molecule has 0 N–H and O–H groups in total. The maximum absolute atomic E-state index is 2.54. The van der Waals surface area contributed by atoms with E-state index in [0.717, 1.165) is 13.7 Å². The molecule has 0 radical (unpaired) electrons. The van der Waals surface area contributed by atoms with E-state index in [4.69, 9.17) is 0 Å². The molecule has 0 nitrogen and oxygen atoms in total. The Balaban J connectivity index is 2.25. The zero-order chi connectivity index (χ0) is 13.9. The zero-order valence-corrected chi connectivity index (χ0v) is 15.9. The average Bonchev–Trinajstić information content (AvgIpc) is 2.40. The van der Waals surface area contributed by atoms with Gasteiger partial charge in [-0.1, -0.05) is 0 Å². The Morgan fingerprint density at radius 3 is 1.21 bits per heavy atom. The van der Waals surface area contributed by atoms with Gasteiger partial charge in [0, 0.05) is 0 Å². The van der Waals surface area contributed by atoms with E-state index in [9.17, 15) is 0 Å². The first-order valence-electron chi connectivity index (χ1n) is 6.73. The molecule has 2 rings (SSSR count).